The van der Waals surface area contributed by atoms with E-state index in [9.17, 15) is 4.79 Å². The van der Waals surface area contributed by atoms with Gasteiger partial charge in [-0.1, -0.05) is 11.6 Å². The molecule has 3 nitrogen and oxygen atoms in total. The summed E-state index contributed by atoms with van der Waals surface area (Å²) in [6.07, 6.45) is 0. The quantitative estimate of drug-likeness (QED) is 0.790. The van der Waals surface area contributed by atoms with Crippen LogP contribution in [0.3, 0.4) is 0 Å². The zero-order valence-electron chi connectivity index (χ0n) is 7.19. The number of hydrogen-bond donors (Lipinski definition) is 1. The number of halogens is 2. The lowest BCUT2D eigenvalue weighted by molar-refractivity contribution is 0.0999. The Bertz CT molecular complexity index is 379. The Morgan fingerprint density at radius 2 is 2.08 bits per heavy atom. The Morgan fingerprint density at radius 1 is 1.54 bits per heavy atom. The summed E-state index contributed by atoms with van der Waals surface area (Å²) < 4.78 is 0.769. The smallest absolute Gasteiger partial charge is 0.252 e. The molecule has 0 aliphatic carbocycles. The highest BCUT2D eigenvalue weighted by Crippen LogP contribution is 2.26. The molecule has 0 spiro atoms. The van der Waals surface area contributed by atoms with E-state index in [0.29, 0.717) is 0 Å². The van der Waals surface area contributed by atoms with Gasteiger partial charge in [-0.3, -0.25) is 4.79 Å². The second kappa shape index (κ2) is 3.64. The van der Waals surface area contributed by atoms with Crippen LogP contribution in [0.5, 0.6) is 0 Å². The summed E-state index contributed by atoms with van der Waals surface area (Å²) in [5, 5.41) is 0.158. The van der Waals surface area contributed by atoms with E-state index in [0.717, 1.165) is 15.7 Å². The van der Waals surface area contributed by atoms with Crippen molar-refractivity contribution >= 4 is 33.4 Å². The fourth-order valence-electron chi connectivity index (χ4n) is 1.07. The van der Waals surface area contributed by atoms with E-state index in [2.05, 4.69) is 20.9 Å². The fourth-order valence-corrected chi connectivity index (χ4v) is 1.72. The molecule has 0 saturated carbocycles. The van der Waals surface area contributed by atoms with Crippen LogP contribution in [0.2, 0.25) is 5.15 Å². The third-order valence-corrected chi connectivity index (χ3v) is 3.18. The van der Waals surface area contributed by atoms with Crippen molar-refractivity contribution in [2.24, 2.45) is 5.73 Å². The molecular formula is C8H8BrClN2O. The molecule has 0 radical (unpaired) electrons. The average Bonchev–Trinajstić information content (AvgIpc) is 1.99. The third-order valence-electron chi connectivity index (χ3n) is 1.74. The lowest BCUT2D eigenvalue weighted by atomic mass is 10.1. The van der Waals surface area contributed by atoms with E-state index in [1.807, 2.05) is 0 Å². The predicted octanol–water partition coefficient (Wildman–Crippen LogP) is 2.21. The Labute approximate surface area is 89.4 Å². The van der Waals surface area contributed by atoms with Gasteiger partial charge < -0.3 is 5.73 Å². The largest absolute Gasteiger partial charge is 0.365 e. The second-order valence-corrected chi connectivity index (χ2v) is 3.82. The maximum atomic E-state index is 11.0. The third kappa shape index (κ3) is 1.84. The van der Waals surface area contributed by atoms with Gasteiger partial charge in [0.2, 0.25) is 0 Å². The highest BCUT2D eigenvalue weighted by atomic mass is 79.9. The molecule has 0 unspecified atom stereocenters. The van der Waals surface area contributed by atoms with Gasteiger partial charge in [0.05, 0.1) is 11.3 Å². The summed E-state index contributed by atoms with van der Waals surface area (Å²) in [5.41, 5.74) is 6.90. The molecule has 5 heteroatoms. The van der Waals surface area contributed by atoms with Gasteiger partial charge in [-0.2, -0.15) is 0 Å². The van der Waals surface area contributed by atoms with Crippen molar-refractivity contribution in [2.75, 3.05) is 0 Å². The zero-order chi connectivity index (χ0) is 10.2. The number of carbonyl (C=O) groups is 1. The lowest BCUT2D eigenvalue weighted by Crippen LogP contribution is -2.15. The molecule has 0 atom stereocenters. The van der Waals surface area contributed by atoms with Gasteiger partial charge in [-0.25, -0.2) is 4.98 Å². The predicted molar refractivity (Wildman–Crippen MR) is 54.9 cm³/mol. The van der Waals surface area contributed by atoms with Crippen LogP contribution in [0.15, 0.2) is 4.47 Å². The van der Waals surface area contributed by atoms with Gasteiger partial charge in [-0.05, 0) is 35.3 Å². The van der Waals surface area contributed by atoms with Crippen molar-refractivity contribution in [2.45, 2.75) is 13.8 Å². The minimum atomic E-state index is -0.560. The van der Waals surface area contributed by atoms with Crippen LogP contribution in [-0.2, 0) is 0 Å². The van der Waals surface area contributed by atoms with E-state index in [-0.39, 0.29) is 10.7 Å². The van der Waals surface area contributed by atoms with Crippen molar-refractivity contribution in [1.29, 1.82) is 0 Å². The van der Waals surface area contributed by atoms with E-state index in [1.54, 1.807) is 13.8 Å². The number of rotatable bonds is 1. The summed E-state index contributed by atoms with van der Waals surface area (Å²) in [4.78, 5) is 15.0. The van der Waals surface area contributed by atoms with Gasteiger partial charge in [0.1, 0.15) is 5.15 Å². The van der Waals surface area contributed by atoms with E-state index < -0.39 is 5.91 Å². The first-order chi connectivity index (χ1) is 5.95. The summed E-state index contributed by atoms with van der Waals surface area (Å²) >= 11 is 9.07. The monoisotopic (exact) mass is 262 g/mol. The minimum Gasteiger partial charge on any atom is -0.365 e. The molecule has 2 N–H and O–H groups in total. The molecule has 0 aliphatic heterocycles. The number of aryl methyl sites for hydroxylation is 1. The first kappa shape index (κ1) is 10.5. The van der Waals surface area contributed by atoms with Crippen molar-refractivity contribution < 1.29 is 4.79 Å². The van der Waals surface area contributed by atoms with Crippen molar-refractivity contribution in [3.05, 3.63) is 26.4 Å². The molecule has 0 bridgehead atoms. The van der Waals surface area contributed by atoms with E-state index in [1.165, 1.54) is 0 Å². The number of pyridine rings is 1. The molecular weight excluding hydrogens is 255 g/mol. The molecule has 1 aromatic heterocycles. The number of hydrogen-bond acceptors (Lipinski definition) is 2. The van der Waals surface area contributed by atoms with Gasteiger partial charge in [0.15, 0.2) is 0 Å². The van der Waals surface area contributed by atoms with Gasteiger partial charge in [-0.15, -0.1) is 0 Å². The topological polar surface area (TPSA) is 56.0 Å². The second-order valence-electron chi connectivity index (χ2n) is 2.67. The van der Waals surface area contributed by atoms with Crippen LogP contribution in [0, 0.1) is 13.8 Å². The van der Waals surface area contributed by atoms with Crippen LogP contribution >= 0.6 is 27.5 Å². The number of primary amides is 1. The van der Waals surface area contributed by atoms with Gasteiger partial charge >= 0.3 is 0 Å². The Hall–Kier alpha value is -0.610. The van der Waals surface area contributed by atoms with Crippen molar-refractivity contribution in [3.8, 4) is 0 Å². The van der Waals surface area contributed by atoms with Crippen molar-refractivity contribution in [3.63, 3.8) is 0 Å². The highest BCUT2D eigenvalue weighted by Gasteiger charge is 2.15. The molecule has 1 rings (SSSR count). The normalized spacial score (nSPS) is 10.2. The SMILES string of the molecule is Cc1nc(Cl)c(C(N)=O)c(C)c1Br. The molecule has 0 aromatic carbocycles. The molecule has 1 aromatic rings. The summed E-state index contributed by atoms with van der Waals surface area (Å²) in [6, 6.07) is 0. The lowest BCUT2D eigenvalue weighted by Gasteiger charge is -2.08. The summed E-state index contributed by atoms with van der Waals surface area (Å²) in [7, 11) is 0. The maximum absolute atomic E-state index is 11.0. The first-order valence-electron chi connectivity index (χ1n) is 3.57. The molecule has 1 heterocycles. The van der Waals surface area contributed by atoms with Crippen LogP contribution in [-0.4, -0.2) is 10.9 Å². The summed E-state index contributed by atoms with van der Waals surface area (Å²) in [6.45, 7) is 3.57. The number of amides is 1. The first-order valence-corrected chi connectivity index (χ1v) is 4.74. The number of nitrogens with two attached hydrogens (primary N) is 1. The molecule has 0 saturated heterocycles. The minimum absolute atomic E-state index is 0.158. The number of carbonyl (C=O) groups excluding carboxylic acids is 1. The summed E-state index contributed by atoms with van der Waals surface area (Å²) in [5.74, 6) is -0.560. The number of nitrogens with zero attached hydrogens (tertiary/aromatic N) is 1. The van der Waals surface area contributed by atoms with Crippen LogP contribution in [0.1, 0.15) is 21.6 Å². The molecule has 13 heavy (non-hydrogen) atoms. The molecule has 0 fully saturated rings. The van der Waals surface area contributed by atoms with E-state index in [4.69, 9.17) is 17.3 Å². The Morgan fingerprint density at radius 3 is 2.54 bits per heavy atom. The van der Waals surface area contributed by atoms with Gasteiger partial charge in [0, 0.05) is 4.47 Å². The van der Waals surface area contributed by atoms with Crippen LogP contribution in [0.4, 0.5) is 0 Å². The Balaban J connectivity index is 3.53. The average molecular weight is 264 g/mol. The van der Waals surface area contributed by atoms with Gasteiger partial charge in [0.25, 0.3) is 5.91 Å². The maximum Gasteiger partial charge on any atom is 0.252 e. The van der Waals surface area contributed by atoms with Crippen LogP contribution in [0.25, 0.3) is 0 Å². The fraction of sp³-hybridized carbons (Fsp3) is 0.250. The molecule has 1 amide bonds. The Kier molecular flexibility index (Phi) is 2.93. The molecule has 0 aliphatic rings. The van der Waals surface area contributed by atoms with Crippen LogP contribution < -0.4 is 5.73 Å². The highest BCUT2D eigenvalue weighted by molar-refractivity contribution is 9.10. The zero-order valence-corrected chi connectivity index (χ0v) is 9.53. The number of aromatic nitrogens is 1. The standard InChI is InChI=1S/C8H8BrClN2O/c1-3-5(8(11)13)7(10)12-4(2)6(3)9/h1-2H3,(H2,11,13). The molecule has 70 valence electrons. The van der Waals surface area contributed by atoms with Crippen molar-refractivity contribution in [1.82, 2.24) is 4.98 Å². The van der Waals surface area contributed by atoms with E-state index >= 15 is 0 Å².